The van der Waals surface area contributed by atoms with Crippen molar-refractivity contribution in [3.05, 3.63) is 39.4 Å². The number of aliphatic imine (C=N–C) groups is 1. The first-order valence-electron chi connectivity index (χ1n) is 8.47. The van der Waals surface area contributed by atoms with Crippen molar-refractivity contribution in [1.29, 1.82) is 0 Å². The van der Waals surface area contributed by atoms with Crippen molar-refractivity contribution in [1.82, 2.24) is 0 Å². The van der Waals surface area contributed by atoms with Crippen molar-refractivity contribution in [2.75, 3.05) is 0 Å². The Morgan fingerprint density at radius 2 is 1.70 bits per heavy atom. The summed E-state index contributed by atoms with van der Waals surface area (Å²) in [6, 6.07) is 5.43. The van der Waals surface area contributed by atoms with Crippen LogP contribution < -0.4 is 0 Å². The van der Waals surface area contributed by atoms with E-state index in [0.717, 1.165) is 32.1 Å². The van der Waals surface area contributed by atoms with E-state index in [2.05, 4.69) is 27.7 Å². The molecule has 4 heteroatoms. The molecule has 1 aliphatic rings. The Labute approximate surface area is 149 Å². The Balaban J connectivity index is 2.56. The smallest absolute Gasteiger partial charge is 0.218 e. The third-order valence-corrected chi connectivity index (χ3v) is 5.16. The molecule has 1 unspecified atom stereocenters. The molecule has 1 aromatic rings. The fourth-order valence-electron chi connectivity index (χ4n) is 3.47. The van der Waals surface area contributed by atoms with Crippen LogP contribution in [-0.2, 0) is 4.74 Å². The molecule has 0 spiro atoms. The molecule has 0 fully saturated rings. The summed E-state index contributed by atoms with van der Waals surface area (Å²) in [5, 5.41) is 1.10. The van der Waals surface area contributed by atoms with Crippen molar-refractivity contribution < 1.29 is 4.74 Å². The zero-order chi connectivity index (χ0) is 17.0. The highest BCUT2D eigenvalue weighted by Crippen LogP contribution is 2.44. The summed E-state index contributed by atoms with van der Waals surface area (Å²) in [6.45, 7) is 8.72. The summed E-state index contributed by atoms with van der Waals surface area (Å²) in [5.41, 5.74) is 2.96. The molecule has 0 N–H and O–H groups in total. The fraction of sp³-hybridized carbons (Fsp3) is 0.526. The SMILES string of the molecule is CCCC1(CC)OC(=Nc2c(Cl)cccc2Cl)C(CC)=C1CC. The summed E-state index contributed by atoms with van der Waals surface area (Å²) >= 11 is 12.5. The minimum atomic E-state index is -0.221. The van der Waals surface area contributed by atoms with E-state index in [4.69, 9.17) is 32.9 Å². The van der Waals surface area contributed by atoms with Crippen LogP contribution >= 0.6 is 23.2 Å². The predicted octanol–water partition coefficient (Wildman–Crippen LogP) is 7.12. The Bertz CT molecular complexity index is 616. The van der Waals surface area contributed by atoms with Gasteiger partial charge >= 0.3 is 0 Å². The van der Waals surface area contributed by atoms with Crippen LogP contribution in [0.15, 0.2) is 34.3 Å². The minimum Gasteiger partial charge on any atom is -0.466 e. The van der Waals surface area contributed by atoms with Gasteiger partial charge in [-0.25, -0.2) is 4.99 Å². The molecular formula is C19H25Cl2NO. The monoisotopic (exact) mass is 353 g/mol. The van der Waals surface area contributed by atoms with Gasteiger partial charge in [-0.3, -0.25) is 0 Å². The van der Waals surface area contributed by atoms with E-state index in [1.165, 1.54) is 11.1 Å². The number of para-hydroxylation sites is 1. The number of hydrogen-bond acceptors (Lipinski definition) is 2. The summed E-state index contributed by atoms with van der Waals surface area (Å²) < 4.78 is 6.42. The van der Waals surface area contributed by atoms with Gasteiger partial charge < -0.3 is 4.74 Å². The van der Waals surface area contributed by atoms with Gasteiger partial charge in [0.1, 0.15) is 11.3 Å². The van der Waals surface area contributed by atoms with Crippen molar-refractivity contribution in [3.8, 4) is 0 Å². The molecule has 0 amide bonds. The van der Waals surface area contributed by atoms with Gasteiger partial charge in [-0.2, -0.15) is 0 Å². The summed E-state index contributed by atoms with van der Waals surface area (Å²) in [7, 11) is 0. The van der Waals surface area contributed by atoms with Gasteiger partial charge in [0.25, 0.3) is 0 Å². The zero-order valence-electron chi connectivity index (χ0n) is 14.4. The van der Waals surface area contributed by atoms with Crippen molar-refractivity contribution in [2.24, 2.45) is 4.99 Å². The average Bonchev–Trinajstić information content (AvgIpc) is 2.84. The Kier molecular flexibility index (Phi) is 6.16. The van der Waals surface area contributed by atoms with Crippen LogP contribution in [0.25, 0.3) is 0 Å². The third kappa shape index (κ3) is 3.44. The Morgan fingerprint density at radius 3 is 2.17 bits per heavy atom. The van der Waals surface area contributed by atoms with E-state index in [1.54, 1.807) is 12.1 Å². The number of benzene rings is 1. The van der Waals surface area contributed by atoms with E-state index in [9.17, 15) is 0 Å². The number of rotatable bonds is 6. The maximum atomic E-state index is 6.42. The predicted molar refractivity (Wildman–Crippen MR) is 100 cm³/mol. The first kappa shape index (κ1) is 18.4. The maximum Gasteiger partial charge on any atom is 0.218 e. The second-order valence-electron chi connectivity index (χ2n) is 5.85. The van der Waals surface area contributed by atoms with Crippen molar-refractivity contribution in [3.63, 3.8) is 0 Å². The van der Waals surface area contributed by atoms with Crippen LogP contribution in [-0.4, -0.2) is 11.5 Å². The molecule has 0 saturated carbocycles. The van der Waals surface area contributed by atoms with Gasteiger partial charge in [0.05, 0.1) is 10.0 Å². The number of halogens is 2. The number of nitrogens with zero attached hydrogens (tertiary/aromatic N) is 1. The Hall–Kier alpha value is -0.990. The lowest BCUT2D eigenvalue weighted by Crippen LogP contribution is -2.31. The molecule has 1 aromatic carbocycles. The van der Waals surface area contributed by atoms with Gasteiger partial charge in [0.2, 0.25) is 5.90 Å². The molecule has 0 radical (unpaired) electrons. The van der Waals surface area contributed by atoms with Crippen LogP contribution in [0.4, 0.5) is 5.69 Å². The molecule has 1 atom stereocenters. The van der Waals surface area contributed by atoms with Gasteiger partial charge in [-0.15, -0.1) is 0 Å². The van der Waals surface area contributed by atoms with E-state index < -0.39 is 0 Å². The van der Waals surface area contributed by atoms with Gasteiger partial charge in [-0.05, 0) is 43.4 Å². The summed E-state index contributed by atoms with van der Waals surface area (Å²) in [4.78, 5) is 4.71. The highest BCUT2D eigenvalue weighted by atomic mass is 35.5. The molecule has 0 aromatic heterocycles. The molecule has 0 saturated heterocycles. The van der Waals surface area contributed by atoms with Crippen LogP contribution in [0.2, 0.25) is 10.0 Å². The molecule has 1 heterocycles. The maximum absolute atomic E-state index is 6.42. The summed E-state index contributed by atoms with van der Waals surface area (Å²) in [6.07, 6.45) is 4.91. The molecular weight excluding hydrogens is 329 g/mol. The zero-order valence-corrected chi connectivity index (χ0v) is 15.9. The quantitative estimate of drug-likeness (QED) is 0.533. The lowest BCUT2D eigenvalue weighted by Gasteiger charge is -2.30. The Morgan fingerprint density at radius 1 is 1.04 bits per heavy atom. The van der Waals surface area contributed by atoms with Gasteiger partial charge in [0.15, 0.2) is 0 Å². The third-order valence-electron chi connectivity index (χ3n) is 4.55. The van der Waals surface area contributed by atoms with E-state index in [0.29, 0.717) is 21.6 Å². The van der Waals surface area contributed by atoms with Crippen LogP contribution in [0.5, 0.6) is 0 Å². The van der Waals surface area contributed by atoms with Crippen LogP contribution in [0.3, 0.4) is 0 Å². The highest BCUT2D eigenvalue weighted by Gasteiger charge is 2.42. The normalized spacial score (nSPS) is 22.8. The molecule has 2 nitrogen and oxygen atoms in total. The van der Waals surface area contributed by atoms with Crippen molar-refractivity contribution in [2.45, 2.75) is 65.4 Å². The second-order valence-corrected chi connectivity index (χ2v) is 6.67. The molecule has 2 rings (SSSR count). The largest absolute Gasteiger partial charge is 0.466 e. The van der Waals surface area contributed by atoms with E-state index >= 15 is 0 Å². The minimum absolute atomic E-state index is 0.221. The second kappa shape index (κ2) is 7.72. The highest BCUT2D eigenvalue weighted by molar-refractivity contribution is 6.39. The standard InChI is InChI=1S/C19H25Cl2NO/c1-5-12-19(8-4)14(7-3)13(6-2)18(23-19)22-17-15(20)10-9-11-16(17)21/h9-11H,5-8,12H2,1-4H3. The van der Waals surface area contributed by atoms with Gasteiger partial charge in [-0.1, -0.05) is 63.4 Å². The van der Waals surface area contributed by atoms with Crippen LogP contribution in [0.1, 0.15) is 59.8 Å². The topological polar surface area (TPSA) is 21.6 Å². The molecule has 0 bridgehead atoms. The van der Waals surface area contributed by atoms with E-state index in [1.807, 2.05) is 6.07 Å². The first-order chi connectivity index (χ1) is 11.0. The average molecular weight is 354 g/mol. The van der Waals surface area contributed by atoms with E-state index in [-0.39, 0.29) is 5.60 Å². The van der Waals surface area contributed by atoms with Gasteiger partial charge in [0, 0.05) is 5.57 Å². The summed E-state index contributed by atoms with van der Waals surface area (Å²) in [5.74, 6) is 0.689. The number of hydrogen-bond donors (Lipinski definition) is 0. The van der Waals surface area contributed by atoms with Crippen LogP contribution in [0, 0.1) is 0 Å². The fourth-order valence-corrected chi connectivity index (χ4v) is 3.95. The molecule has 23 heavy (non-hydrogen) atoms. The molecule has 0 aliphatic carbocycles. The lowest BCUT2D eigenvalue weighted by molar-refractivity contribution is 0.0897. The first-order valence-corrected chi connectivity index (χ1v) is 9.23. The molecule has 126 valence electrons. The number of ether oxygens (including phenoxy) is 1. The van der Waals surface area contributed by atoms with Crippen molar-refractivity contribution >= 4 is 34.8 Å². The molecule has 1 aliphatic heterocycles. The lowest BCUT2D eigenvalue weighted by atomic mass is 9.83.